The fourth-order valence-electron chi connectivity index (χ4n) is 6.04. The third-order valence-corrected chi connectivity index (χ3v) is 8.40. The van der Waals surface area contributed by atoms with Crippen LogP contribution < -0.4 is 10.1 Å². The van der Waals surface area contributed by atoms with Gasteiger partial charge in [-0.1, -0.05) is 40.7 Å². The molecular weight excluding hydrogens is 534 g/mol. The molecule has 1 aromatic heterocycles. The summed E-state index contributed by atoms with van der Waals surface area (Å²) < 4.78 is 11.6. The number of likely N-dealkylation sites (tertiary alicyclic amines) is 1. The van der Waals surface area contributed by atoms with E-state index >= 15 is 0 Å². The van der Waals surface area contributed by atoms with Crippen LogP contribution in [0, 0.1) is 17.3 Å². The summed E-state index contributed by atoms with van der Waals surface area (Å²) >= 11 is 0. The third kappa shape index (κ3) is 9.39. The predicted octanol–water partition coefficient (Wildman–Crippen LogP) is 3.21. The summed E-state index contributed by atoms with van der Waals surface area (Å²) in [7, 11) is 0. The van der Waals surface area contributed by atoms with Crippen LogP contribution in [0.1, 0.15) is 77.2 Å². The molecule has 5 heterocycles. The first-order valence-electron chi connectivity index (χ1n) is 15.8. The van der Waals surface area contributed by atoms with Crippen LogP contribution in [0.4, 0.5) is 0 Å². The van der Waals surface area contributed by atoms with E-state index in [1.165, 1.54) is 0 Å². The Morgan fingerprint density at radius 1 is 1.07 bits per heavy atom. The van der Waals surface area contributed by atoms with Crippen molar-refractivity contribution in [2.45, 2.75) is 78.8 Å². The molecule has 4 aliphatic heterocycles. The van der Waals surface area contributed by atoms with E-state index in [2.05, 4.69) is 49.8 Å². The van der Waals surface area contributed by atoms with Crippen molar-refractivity contribution in [1.82, 2.24) is 25.0 Å². The second-order valence-corrected chi connectivity index (χ2v) is 13.8. The number of nitrogens with one attached hydrogen (secondary N) is 1. The zero-order chi connectivity index (χ0) is 30.3. The minimum atomic E-state index is -0.259. The molecule has 0 saturated carbocycles. The first-order chi connectivity index (χ1) is 20.0. The van der Waals surface area contributed by atoms with Gasteiger partial charge in [0.2, 0.25) is 17.7 Å². The molecule has 10 heteroatoms. The minimum absolute atomic E-state index is 0.0954. The van der Waals surface area contributed by atoms with E-state index in [0.717, 1.165) is 25.8 Å². The number of hydrogen-bond donors (Lipinski definition) is 1. The van der Waals surface area contributed by atoms with Crippen molar-refractivity contribution in [1.29, 1.82) is 0 Å². The largest absolute Gasteiger partial charge is 0.475 e. The summed E-state index contributed by atoms with van der Waals surface area (Å²) in [5, 5.41) is 3.13. The van der Waals surface area contributed by atoms with Crippen LogP contribution in [0.25, 0.3) is 0 Å². The van der Waals surface area contributed by atoms with Gasteiger partial charge in [0.15, 0.2) is 0 Å². The molecule has 6 bridgehead atoms. The first kappa shape index (κ1) is 32.2. The Morgan fingerprint density at radius 2 is 1.83 bits per heavy atom. The number of pyridine rings is 1. The van der Waals surface area contributed by atoms with Gasteiger partial charge in [0.05, 0.1) is 19.3 Å². The Bertz CT molecular complexity index is 1070. The molecule has 1 N–H and O–H groups in total. The highest BCUT2D eigenvalue weighted by molar-refractivity contribution is 5.92. The van der Waals surface area contributed by atoms with Crippen LogP contribution in [0.2, 0.25) is 0 Å². The highest BCUT2D eigenvalue weighted by Crippen LogP contribution is 2.26. The van der Waals surface area contributed by atoms with Gasteiger partial charge in [0, 0.05) is 51.3 Å². The number of ether oxygens (including phenoxy) is 2. The Balaban J connectivity index is 1.51. The maximum Gasteiger partial charge on any atom is 0.270 e. The summed E-state index contributed by atoms with van der Waals surface area (Å²) in [4.78, 5) is 50.8. The van der Waals surface area contributed by atoms with Gasteiger partial charge >= 0.3 is 0 Å². The van der Waals surface area contributed by atoms with Crippen molar-refractivity contribution in [3.8, 4) is 5.88 Å². The molecule has 2 fully saturated rings. The molecule has 42 heavy (non-hydrogen) atoms. The van der Waals surface area contributed by atoms with E-state index in [1.54, 1.807) is 18.2 Å². The number of rotatable bonds is 4. The normalized spacial score (nSPS) is 25.2. The minimum Gasteiger partial charge on any atom is -0.475 e. The number of nitrogens with zero attached hydrogens (tertiary/aromatic N) is 4. The summed E-state index contributed by atoms with van der Waals surface area (Å²) in [5.41, 5.74) is 0.194. The number of hydrogen-bond acceptors (Lipinski definition) is 7. The number of fused-ring (bicyclic) bond motifs is 10. The highest BCUT2D eigenvalue weighted by Gasteiger charge is 2.40. The second-order valence-electron chi connectivity index (χ2n) is 13.8. The van der Waals surface area contributed by atoms with Crippen LogP contribution >= 0.6 is 0 Å². The van der Waals surface area contributed by atoms with Crippen molar-refractivity contribution >= 4 is 17.7 Å². The Hall–Kier alpha value is -2.72. The quantitative estimate of drug-likeness (QED) is 0.541. The lowest BCUT2D eigenvalue weighted by molar-refractivity contribution is -0.139. The third-order valence-electron chi connectivity index (χ3n) is 8.40. The van der Waals surface area contributed by atoms with E-state index < -0.39 is 0 Å². The molecule has 10 nitrogen and oxygen atoms in total. The highest BCUT2D eigenvalue weighted by atomic mass is 16.5. The van der Waals surface area contributed by atoms with Crippen molar-refractivity contribution < 1.29 is 23.9 Å². The molecule has 4 aliphatic rings. The van der Waals surface area contributed by atoms with Gasteiger partial charge in [-0.25, -0.2) is 4.98 Å². The number of amides is 3. The Morgan fingerprint density at radius 3 is 2.55 bits per heavy atom. The number of carbonyl (C=O) groups excluding carboxylic acids is 3. The summed E-state index contributed by atoms with van der Waals surface area (Å²) in [5.74, 6) is 1.28. The molecule has 0 radical (unpaired) electrons. The van der Waals surface area contributed by atoms with Crippen LogP contribution in [0.3, 0.4) is 0 Å². The Labute approximate surface area is 251 Å². The lowest BCUT2D eigenvalue weighted by Crippen LogP contribution is -2.50. The summed E-state index contributed by atoms with van der Waals surface area (Å²) in [6.07, 6.45) is 3.82. The van der Waals surface area contributed by atoms with E-state index in [4.69, 9.17) is 9.47 Å². The number of piperidine rings is 1. The topological polar surface area (TPSA) is 104 Å². The fourth-order valence-corrected chi connectivity index (χ4v) is 6.04. The molecule has 2 atom stereocenters. The molecule has 2 saturated heterocycles. The molecule has 234 valence electrons. The molecule has 0 aromatic carbocycles. The monoisotopic (exact) mass is 585 g/mol. The maximum absolute atomic E-state index is 13.8. The van der Waals surface area contributed by atoms with Gasteiger partial charge in [-0.2, -0.15) is 0 Å². The first-order valence-corrected chi connectivity index (χ1v) is 15.8. The van der Waals surface area contributed by atoms with E-state index in [-0.39, 0.29) is 40.9 Å². The lowest BCUT2D eigenvalue weighted by atomic mass is 9.90. The van der Waals surface area contributed by atoms with E-state index in [9.17, 15) is 14.4 Å². The lowest BCUT2D eigenvalue weighted by Gasteiger charge is -2.37. The van der Waals surface area contributed by atoms with Crippen molar-refractivity contribution in [3.63, 3.8) is 0 Å². The molecule has 0 aliphatic carbocycles. The summed E-state index contributed by atoms with van der Waals surface area (Å²) in [6, 6.07) is 4.78. The van der Waals surface area contributed by atoms with Crippen LogP contribution in [-0.2, 0) is 14.3 Å². The standard InChI is InChI=1S/C32H51N5O5/c1-23(2)9-12-36-22-25-19-27(36)31(40)35-13-10-24(11-14-35)21-37(29(38)20-32(3,4)5)15-16-41-17-18-42-28-8-6-7-26(34-28)30(39)33-25/h6-8,23-25,27H,9-22H2,1-5H3,(H,33,39)/t25-,27-/m0/s1. The molecular formula is C32H51N5O5. The average molecular weight is 586 g/mol. The van der Waals surface area contributed by atoms with Gasteiger partial charge in [-0.15, -0.1) is 0 Å². The SMILES string of the molecule is CC(C)CCN1C[C@@H]2C[C@H]1C(=O)N1CCC(CC1)CN(C(=O)CC(C)(C)C)CCOCCOc1cccc(n1)C(=O)N2. The molecule has 0 spiro atoms. The smallest absolute Gasteiger partial charge is 0.270 e. The Kier molecular flexibility index (Phi) is 11.2. The number of aromatic nitrogens is 1. The van der Waals surface area contributed by atoms with Gasteiger partial charge in [0.1, 0.15) is 12.3 Å². The van der Waals surface area contributed by atoms with E-state index in [1.807, 2.05) is 9.80 Å². The molecule has 5 rings (SSSR count). The number of carbonyl (C=O) groups is 3. The maximum atomic E-state index is 13.8. The zero-order valence-electron chi connectivity index (χ0n) is 26.3. The van der Waals surface area contributed by atoms with Crippen LogP contribution in [-0.4, -0.2) is 109 Å². The van der Waals surface area contributed by atoms with E-state index in [0.29, 0.717) is 83.1 Å². The van der Waals surface area contributed by atoms with Gasteiger partial charge in [-0.05, 0) is 55.5 Å². The second kappa shape index (κ2) is 14.6. The van der Waals surface area contributed by atoms with Crippen molar-refractivity contribution in [2.75, 3.05) is 59.1 Å². The fraction of sp³-hybridized carbons (Fsp3) is 0.750. The molecule has 1 aromatic rings. The van der Waals surface area contributed by atoms with Crippen molar-refractivity contribution in [3.05, 3.63) is 23.9 Å². The predicted molar refractivity (Wildman–Crippen MR) is 161 cm³/mol. The van der Waals surface area contributed by atoms with Crippen molar-refractivity contribution in [2.24, 2.45) is 17.3 Å². The van der Waals surface area contributed by atoms with Gasteiger partial charge in [0.25, 0.3) is 5.91 Å². The molecule has 3 amide bonds. The van der Waals surface area contributed by atoms with Gasteiger partial charge < -0.3 is 24.6 Å². The summed E-state index contributed by atoms with van der Waals surface area (Å²) in [6.45, 7) is 15.8. The average Bonchev–Trinajstić information content (AvgIpc) is 3.34. The molecule has 0 unspecified atom stereocenters. The van der Waals surface area contributed by atoms with Crippen LogP contribution in [0.5, 0.6) is 5.88 Å². The van der Waals surface area contributed by atoms with Gasteiger partial charge in [-0.3, -0.25) is 19.3 Å². The zero-order valence-corrected chi connectivity index (χ0v) is 26.3. The van der Waals surface area contributed by atoms with Crippen LogP contribution in [0.15, 0.2) is 18.2 Å².